The highest BCUT2D eigenvalue weighted by Crippen LogP contribution is 2.39. The van der Waals surface area contributed by atoms with Gasteiger partial charge in [0, 0.05) is 22.6 Å². The van der Waals surface area contributed by atoms with Crippen molar-refractivity contribution in [1.29, 1.82) is 0 Å². The number of rotatable bonds is 2. The lowest BCUT2D eigenvalue weighted by atomic mass is 9.97. The molecule has 2 aromatic carbocycles. The zero-order valence-corrected chi connectivity index (χ0v) is 12.1. The number of aryl methyl sites for hydroxylation is 1. The van der Waals surface area contributed by atoms with Gasteiger partial charge in [0.05, 0.1) is 0 Å². The zero-order valence-electron chi connectivity index (χ0n) is 11.4. The predicted molar refractivity (Wildman–Crippen MR) is 80.9 cm³/mol. The third-order valence-corrected chi connectivity index (χ3v) is 3.76. The van der Waals surface area contributed by atoms with Crippen molar-refractivity contribution in [3.05, 3.63) is 52.5 Å². The molecule has 1 amide bonds. The van der Waals surface area contributed by atoms with Crippen LogP contribution in [0.3, 0.4) is 0 Å². The lowest BCUT2D eigenvalue weighted by Crippen LogP contribution is -2.36. The van der Waals surface area contributed by atoms with Crippen LogP contribution >= 0.6 is 11.6 Å². The first-order chi connectivity index (χ1) is 10.0. The highest BCUT2D eigenvalue weighted by atomic mass is 35.5. The van der Waals surface area contributed by atoms with Crippen LogP contribution < -0.4 is 10.1 Å². The van der Waals surface area contributed by atoms with Gasteiger partial charge in [-0.25, -0.2) is 4.79 Å². The smallest absolute Gasteiger partial charge is 0.407 e. The number of hydrogen-bond acceptors (Lipinski definition) is 2. The van der Waals surface area contributed by atoms with Crippen LogP contribution in [0, 0.1) is 6.92 Å². The van der Waals surface area contributed by atoms with Gasteiger partial charge in [0.25, 0.3) is 0 Å². The number of carbonyl (C=O) groups is 1. The van der Waals surface area contributed by atoms with Crippen LogP contribution in [0.1, 0.15) is 11.1 Å². The number of ether oxygens (including phenoxy) is 1. The Labute approximate surface area is 127 Å². The number of halogens is 1. The Bertz CT molecular complexity index is 715. The number of nitrogens with one attached hydrogen (secondary N) is 1. The van der Waals surface area contributed by atoms with Crippen molar-refractivity contribution in [3.8, 4) is 16.9 Å². The SMILES string of the molecule is Cc1cc(Cl)ccc1-c1cccc2c1OC(NC(=O)O)C2. The molecule has 21 heavy (non-hydrogen) atoms. The fraction of sp³-hybridized carbons (Fsp3) is 0.188. The van der Waals surface area contributed by atoms with Crippen LogP contribution in [-0.2, 0) is 6.42 Å². The van der Waals surface area contributed by atoms with Gasteiger partial charge in [-0.15, -0.1) is 0 Å². The Morgan fingerprint density at radius 1 is 1.33 bits per heavy atom. The molecule has 5 heteroatoms. The minimum Gasteiger partial charge on any atom is -0.469 e. The monoisotopic (exact) mass is 303 g/mol. The minimum absolute atomic E-state index is 0.530. The van der Waals surface area contributed by atoms with E-state index in [-0.39, 0.29) is 0 Å². The Morgan fingerprint density at radius 2 is 2.14 bits per heavy atom. The zero-order chi connectivity index (χ0) is 15.0. The molecule has 0 saturated heterocycles. The first-order valence-corrected chi connectivity index (χ1v) is 6.97. The highest BCUT2D eigenvalue weighted by Gasteiger charge is 2.27. The average molecular weight is 304 g/mol. The van der Waals surface area contributed by atoms with Crippen LogP contribution in [0.2, 0.25) is 5.02 Å². The van der Waals surface area contributed by atoms with E-state index in [0.29, 0.717) is 11.4 Å². The predicted octanol–water partition coefficient (Wildman–Crippen LogP) is 3.84. The molecule has 1 unspecified atom stereocenters. The molecule has 1 aliphatic rings. The first-order valence-electron chi connectivity index (χ1n) is 6.59. The summed E-state index contributed by atoms with van der Waals surface area (Å²) in [6.45, 7) is 1.99. The van der Waals surface area contributed by atoms with Crippen LogP contribution in [0.15, 0.2) is 36.4 Å². The molecule has 0 aliphatic carbocycles. The van der Waals surface area contributed by atoms with Crippen LogP contribution in [0.5, 0.6) is 5.75 Å². The first kappa shape index (κ1) is 13.8. The summed E-state index contributed by atoms with van der Waals surface area (Å²) >= 11 is 6.00. The van der Waals surface area contributed by atoms with Gasteiger partial charge >= 0.3 is 6.09 Å². The summed E-state index contributed by atoms with van der Waals surface area (Å²) in [5.41, 5.74) is 4.04. The maximum atomic E-state index is 10.7. The van der Waals surface area contributed by atoms with E-state index in [1.807, 2.05) is 43.3 Å². The van der Waals surface area contributed by atoms with Gasteiger partial charge in [-0.1, -0.05) is 35.9 Å². The van der Waals surface area contributed by atoms with Crippen molar-refractivity contribution < 1.29 is 14.6 Å². The lowest BCUT2D eigenvalue weighted by Gasteiger charge is -2.13. The average Bonchev–Trinajstić information content (AvgIpc) is 2.80. The summed E-state index contributed by atoms with van der Waals surface area (Å²) in [5.74, 6) is 0.738. The van der Waals surface area contributed by atoms with Gasteiger partial charge in [0.15, 0.2) is 6.23 Å². The van der Waals surface area contributed by atoms with E-state index in [0.717, 1.165) is 28.0 Å². The summed E-state index contributed by atoms with van der Waals surface area (Å²) in [6.07, 6.45) is -1.09. The third kappa shape index (κ3) is 2.67. The van der Waals surface area contributed by atoms with Gasteiger partial charge in [0.1, 0.15) is 5.75 Å². The Morgan fingerprint density at radius 3 is 2.86 bits per heavy atom. The van der Waals surface area contributed by atoms with E-state index in [4.69, 9.17) is 21.4 Å². The van der Waals surface area contributed by atoms with E-state index in [1.165, 1.54) is 0 Å². The molecule has 0 bridgehead atoms. The molecule has 3 rings (SSSR count). The Hall–Kier alpha value is -2.20. The van der Waals surface area contributed by atoms with Gasteiger partial charge in [0.2, 0.25) is 0 Å². The van der Waals surface area contributed by atoms with Crippen molar-refractivity contribution >= 4 is 17.7 Å². The van der Waals surface area contributed by atoms with Crippen LogP contribution in [0.25, 0.3) is 11.1 Å². The summed E-state index contributed by atoms with van der Waals surface area (Å²) in [4.78, 5) is 10.7. The highest BCUT2D eigenvalue weighted by molar-refractivity contribution is 6.30. The molecule has 0 saturated carbocycles. The van der Waals surface area contributed by atoms with E-state index in [9.17, 15) is 4.79 Å². The Kier molecular flexibility index (Phi) is 3.47. The van der Waals surface area contributed by atoms with Crippen LogP contribution in [-0.4, -0.2) is 17.4 Å². The molecule has 0 aromatic heterocycles. The van der Waals surface area contributed by atoms with Gasteiger partial charge in [-0.2, -0.15) is 0 Å². The molecular weight excluding hydrogens is 290 g/mol. The van der Waals surface area contributed by atoms with Crippen molar-refractivity contribution in [2.45, 2.75) is 19.6 Å². The molecule has 1 heterocycles. The van der Waals surface area contributed by atoms with Crippen molar-refractivity contribution in [2.24, 2.45) is 0 Å². The quantitative estimate of drug-likeness (QED) is 0.886. The number of fused-ring (bicyclic) bond motifs is 1. The number of amides is 1. The largest absolute Gasteiger partial charge is 0.469 e. The van der Waals surface area contributed by atoms with Crippen molar-refractivity contribution in [3.63, 3.8) is 0 Å². The van der Waals surface area contributed by atoms with E-state index in [2.05, 4.69) is 5.32 Å². The molecule has 0 fully saturated rings. The molecule has 0 radical (unpaired) electrons. The second-order valence-corrected chi connectivity index (χ2v) is 5.45. The number of para-hydroxylation sites is 1. The van der Waals surface area contributed by atoms with Gasteiger partial charge in [-0.05, 0) is 30.2 Å². The van der Waals surface area contributed by atoms with Crippen LogP contribution in [0.4, 0.5) is 4.79 Å². The molecular formula is C16H14ClNO3. The van der Waals surface area contributed by atoms with Gasteiger partial charge < -0.3 is 9.84 Å². The second kappa shape index (κ2) is 5.30. The maximum absolute atomic E-state index is 10.7. The molecule has 108 valence electrons. The molecule has 1 atom stereocenters. The van der Waals surface area contributed by atoms with E-state index >= 15 is 0 Å². The minimum atomic E-state index is -1.09. The molecule has 2 N–H and O–H groups in total. The fourth-order valence-electron chi connectivity index (χ4n) is 2.63. The molecule has 2 aromatic rings. The van der Waals surface area contributed by atoms with E-state index in [1.54, 1.807) is 0 Å². The summed E-state index contributed by atoms with van der Waals surface area (Å²) in [6, 6.07) is 11.6. The lowest BCUT2D eigenvalue weighted by molar-refractivity contribution is 0.152. The number of hydrogen-bond donors (Lipinski definition) is 2. The summed E-state index contributed by atoms with van der Waals surface area (Å²) < 4.78 is 5.76. The molecule has 1 aliphatic heterocycles. The standard InChI is InChI=1S/C16H14ClNO3/c1-9-7-11(17)5-6-12(9)13-4-2-3-10-8-14(18-16(19)20)21-15(10)13/h2-7,14,18H,8H2,1H3,(H,19,20). The third-order valence-electron chi connectivity index (χ3n) is 3.53. The fourth-order valence-corrected chi connectivity index (χ4v) is 2.85. The van der Waals surface area contributed by atoms with E-state index < -0.39 is 12.3 Å². The summed E-state index contributed by atoms with van der Waals surface area (Å²) in [5, 5.41) is 11.9. The normalized spacial score (nSPS) is 16.2. The van der Waals surface area contributed by atoms with Crippen molar-refractivity contribution in [2.75, 3.05) is 0 Å². The van der Waals surface area contributed by atoms with Crippen molar-refractivity contribution in [1.82, 2.24) is 5.32 Å². The number of carboxylic acid groups (broad SMARTS) is 1. The second-order valence-electron chi connectivity index (χ2n) is 5.01. The Balaban J connectivity index is 2.00. The molecule has 4 nitrogen and oxygen atoms in total. The van der Waals surface area contributed by atoms with Gasteiger partial charge in [-0.3, -0.25) is 5.32 Å². The maximum Gasteiger partial charge on any atom is 0.407 e. The topological polar surface area (TPSA) is 58.6 Å². The number of benzene rings is 2. The summed E-state index contributed by atoms with van der Waals surface area (Å²) in [7, 11) is 0. The molecule has 0 spiro atoms.